The van der Waals surface area contributed by atoms with Crippen molar-refractivity contribution in [3.63, 3.8) is 0 Å². The highest BCUT2D eigenvalue weighted by Crippen LogP contribution is 2.34. The summed E-state index contributed by atoms with van der Waals surface area (Å²) in [5.74, 6) is 0. The van der Waals surface area contributed by atoms with Crippen LogP contribution in [-0.4, -0.2) is 17.4 Å². The first-order valence-electron chi connectivity index (χ1n) is 7.17. The number of halogens is 1. The maximum absolute atomic E-state index is 12.4. The van der Waals surface area contributed by atoms with Gasteiger partial charge in [-0.2, -0.15) is 0 Å². The first-order valence-corrected chi connectivity index (χ1v) is 8.36. The van der Waals surface area contributed by atoms with E-state index in [1.807, 2.05) is 49.4 Å². The van der Waals surface area contributed by atoms with E-state index < -0.39 is 0 Å². The van der Waals surface area contributed by atoms with Gasteiger partial charge in [0.1, 0.15) is 6.26 Å². The maximum atomic E-state index is 12.4. The van der Waals surface area contributed by atoms with Crippen LogP contribution in [0, 0.1) is 0 Å². The van der Waals surface area contributed by atoms with Crippen molar-refractivity contribution < 1.29 is 9.53 Å². The summed E-state index contributed by atoms with van der Waals surface area (Å²) in [5.41, 5.74) is 2.78. The summed E-state index contributed by atoms with van der Waals surface area (Å²) in [6.07, 6.45) is 1.42. The van der Waals surface area contributed by atoms with Crippen LogP contribution in [0.15, 0.2) is 70.4 Å². The number of thioether (sulfide) groups is 1. The first kappa shape index (κ1) is 15.8. The summed E-state index contributed by atoms with van der Waals surface area (Å²) in [7, 11) is 0. The van der Waals surface area contributed by atoms with Crippen molar-refractivity contribution in [2.45, 2.75) is 11.8 Å². The van der Waals surface area contributed by atoms with E-state index in [4.69, 9.17) is 16.3 Å². The molecule has 0 amide bonds. The molecule has 0 spiro atoms. The fraction of sp³-hybridized carbons (Fsp3) is 0.111. The van der Waals surface area contributed by atoms with E-state index in [0.29, 0.717) is 23.0 Å². The number of rotatable bonds is 3. The third-order valence-electron chi connectivity index (χ3n) is 3.25. The molecule has 0 atom stereocenters. The van der Waals surface area contributed by atoms with Crippen LogP contribution in [0.2, 0.25) is 5.02 Å². The zero-order chi connectivity index (χ0) is 16.2. The molecule has 0 saturated carbocycles. The second-order valence-corrected chi connectivity index (χ2v) is 6.27. The zero-order valence-electron chi connectivity index (χ0n) is 12.5. The van der Waals surface area contributed by atoms with Gasteiger partial charge >= 0.3 is 0 Å². The van der Waals surface area contributed by atoms with Gasteiger partial charge in [-0.3, -0.25) is 4.79 Å². The average molecular weight is 344 g/mol. The molecule has 0 unspecified atom stereocenters. The molecule has 2 aromatic rings. The molecule has 0 N–H and O–H groups in total. The molecular formula is C18H14ClNO2S. The molecule has 0 aromatic heterocycles. The van der Waals surface area contributed by atoms with Crippen LogP contribution in [0.4, 0.5) is 0 Å². The van der Waals surface area contributed by atoms with Crippen LogP contribution in [0.25, 0.3) is 0 Å². The Morgan fingerprint density at radius 2 is 2.00 bits per heavy atom. The topological polar surface area (TPSA) is 38.7 Å². The lowest BCUT2D eigenvalue weighted by molar-refractivity contribution is -0.108. The zero-order valence-corrected chi connectivity index (χ0v) is 14.0. The Hall–Kier alpha value is -2.04. The average Bonchev–Trinajstić information content (AvgIpc) is 2.70. The predicted molar refractivity (Wildman–Crippen MR) is 94.1 cm³/mol. The van der Waals surface area contributed by atoms with E-state index in [1.54, 1.807) is 6.07 Å². The van der Waals surface area contributed by atoms with Gasteiger partial charge in [-0.25, -0.2) is 4.99 Å². The summed E-state index contributed by atoms with van der Waals surface area (Å²) < 4.78 is 5.28. The monoisotopic (exact) mass is 343 g/mol. The quantitative estimate of drug-likeness (QED) is 0.599. The Morgan fingerprint density at radius 3 is 2.74 bits per heavy atom. The minimum atomic E-state index is -0.145. The molecule has 1 aliphatic heterocycles. The maximum Gasteiger partial charge on any atom is 0.245 e. The number of ether oxygens (including phenoxy) is 1. The lowest BCUT2D eigenvalue weighted by Crippen LogP contribution is -2.04. The summed E-state index contributed by atoms with van der Waals surface area (Å²) in [5, 5.41) is 0.464. The van der Waals surface area contributed by atoms with Gasteiger partial charge in [-0.15, -0.1) is 0 Å². The summed E-state index contributed by atoms with van der Waals surface area (Å²) >= 11 is 7.29. The lowest BCUT2D eigenvalue weighted by Gasteiger charge is -2.09. The van der Waals surface area contributed by atoms with E-state index in [-0.39, 0.29) is 5.12 Å². The Labute approximate surface area is 144 Å². The van der Waals surface area contributed by atoms with Gasteiger partial charge in [0.15, 0.2) is 5.70 Å². The molecule has 1 heterocycles. The molecule has 0 saturated heterocycles. The van der Waals surface area contributed by atoms with Gasteiger partial charge in [0.2, 0.25) is 5.12 Å². The molecule has 0 aliphatic carbocycles. The van der Waals surface area contributed by atoms with Crippen LogP contribution in [0.3, 0.4) is 0 Å². The molecule has 23 heavy (non-hydrogen) atoms. The fourth-order valence-electron chi connectivity index (χ4n) is 2.21. The standard InChI is InChI=1S/C18H14ClNO2S/c1-2-22-11-15-18(21)23-16-9-8-13(19)10-14(16)17(20-15)12-6-4-3-5-7-12/h3-11H,2H2,1H3. The summed E-state index contributed by atoms with van der Waals surface area (Å²) in [4.78, 5) is 17.8. The Morgan fingerprint density at radius 1 is 1.22 bits per heavy atom. The number of benzene rings is 2. The molecular weight excluding hydrogens is 330 g/mol. The van der Waals surface area contributed by atoms with Crippen LogP contribution >= 0.6 is 23.4 Å². The molecule has 3 rings (SSSR count). The smallest absolute Gasteiger partial charge is 0.245 e. The third kappa shape index (κ3) is 3.49. The van der Waals surface area contributed by atoms with Crippen molar-refractivity contribution in [1.82, 2.24) is 0 Å². The summed E-state index contributed by atoms with van der Waals surface area (Å²) in [6.45, 7) is 2.35. The lowest BCUT2D eigenvalue weighted by atomic mass is 10.0. The van der Waals surface area contributed by atoms with Gasteiger partial charge in [0.05, 0.1) is 12.3 Å². The number of aliphatic imine (C=N–C) groups is 1. The van der Waals surface area contributed by atoms with Gasteiger partial charge in [0, 0.05) is 21.0 Å². The van der Waals surface area contributed by atoms with Crippen molar-refractivity contribution in [3.05, 3.63) is 76.6 Å². The van der Waals surface area contributed by atoms with Crippen LogP contribution in [0.1, 0.15) is 18.1 Å². The van der Waals surface area contributed by atoms with Crippen molar-refractivity contribution >= 4 is 34.2 Å². The van der Waals surface area contributed by atoms with Crippen molar-refractivity contribution in [1.29, 1.82) is 0 Å². The van der Waals surface area contributed by atoms with E-state index in [2.05, 4.69) is 4.99 Å². The SMILES string of the molecule is CCOC=C1N=C(c2ccccc2)c2cc(Cl)ccc2SC1=O. The minimum Gasteiger partial charge on any atom is -0.499 e. The first-order chi connectivity index (χ1) is 11.2. The molecule has 0 radical (unpaired) electrons. The van der Waals surface area contributed by atoms with E-state index in [9.17, 15) is 4.79 Å². The second-order valence-electron chi connectivity index (χ2n) is 4.81. The highest BCUT2D eigenvalue weighted by Gasteiger charge is 2.23. The summed E-state index contributed by atoms with van der Waals surface area (Å²) in [6, 6.07) is 15.2. The number of nitrogens with zero attached hydrogens (tertiary/aromatic N) is 1. The van der Waals surface area contributed by atoms with Gasteiger partial charge < -0.3 is 4.74 Å². The molecule has 0 fully saturated rings. The fourth-order valence-corrected chi connectivity index (χ4v) is 3.18. The van der Waals surface area contributed by atoms with Crippen molar-refractivity contribution in [3.8, 4) is 0 Å². The van der Waals surface area contributed by atoms with E-state index in [1.165, 1.54) is 6.26 Å². The Kier molecular flexibility index (Phi) is 4.84. The number of carbonyl (C=O) groups is 1. The second kappa shape index (κ2) is 7.02. The number of fused-ring (bicyclic) bond motifs is 1. The third-order valence-corrected chi connectivity index (χ3v) is 4.46. The molecule has 2 aromatic carbocycles. The van der Waals surface area contributed by atoms with Crippen LogP contribution in [-0.2, 0) is 9.53 Å². The van der Waals surface area contributed by atoms with E-state index in [0.717, 1.165) is 27.8 Å². The Bertz CT molecular complexity index is 800. The molecule has 0 bridgehead atoms. The number of carbonyl (C=O) groups excluding carboxylic acids is 1. The van der Waals surface area contributed by atoms with Gasteiger partial charge in [-0.05, 0) is 36.9 Å². The number of hydrogen-bond acceptors (Lipinski definition) is 4. The van der Waals surface area contributed by atoms with E-state index >= 15 is 0 Å². The molecule has 5 heteroatoms. The van der Waals surface area contributed by atoms with Gasteiger partial charge in [-0.1, -0.05) is 41.9 Å². The largest absolute Gasteiger partial charge is 0.499 e. The van der Waals surface area contributed by atoms with Crippen LogP contribution < -0.4 is 0 Å². The van der Waals surface area contributed by atoms with Crippen molar-refractivity contribution in [2.75, 3.05) is 6.61 Å². The van der Waals surface area contributed by atoms with Gasteiger partial charge in [0.25, 0.3) is 0 Å². The molecule has 116 valence electrons. The Balaban J connectivity index is 2.21. The highest BCUT2D eigenvalue weighted by atomic mass is 35.5. The highest BCUT2D eigenvalue weighted by molar-refractivity contribution is 8.14. The van der Waals surface area contributed by atoms with Crippen LogP contribution in [0.5, 0.6) is 0 Å². The van der Waals surface area contributed by atoms with Crippen molar-refractivity contribution in [2.24, 2.45) is 4.99 Å². The minimum absolute atomic E-state index is 0.145. The predicted octanol–water partition coefficient (Wildman–Crippen LogP) is 4.69. The molecule has 1 aliphatic rings. The normalized spacial score (nSPS) is 15.8. The number of hydrogen-bond donors (Lipinski definition) is 0. The molecule has 3 nitrogen and oxygen atoms in total.